The third kappa shape index (κ3) is 3.75. The Hall–Kier alpha value is -1.96. The molecule has 0 bridgehead atoms. The quantitative estimate of drug-likeness (QED) is 0.742. The molecule has 4 rings (SSSR count). The summed E-state index contributed by atoms with van der Waals surface area (Å²) in [5, 5.41) is 10.3. The molecule has 7 nitrogen and oxygen atoms in total. The van der Waals surface area contributed by atoms with Gasteiger partial charge in [-0.2, -0.15) is 5.10 Å². The average molecular weight is 378 g/mol. The summed E-state index contributed by atoms with van der Waals surface area (Å²) in [4.78, 5) is 17.4. The number of hydrogen-bond donors (Lipinski definition) is 3. The molecule has 2 heterocycles. The molecule has 1 amide bonds. The summed E-state index contributed by atoms with van der Waals surface area (Å²) in [6.45, 7) is 1.48. The summed E-state index contributed by atoms with van der Waals surface area (Å²) in [5.41, 5.74) is 6.99. The van der Waals surface area contributed by atoms with Crippen LogP contribution in [0.15, 0.2) is 24.3 Å². The molecule has 26 heavy (non-hydrogen) atoms. The van der Waals surface area contributed by atoms with Crippen molar-refractivity contribution >= 4 is 24.0 Å². The number of carbonyl (C=O) groups excluding carboxylic acids is 1. The fraction of sp³-hybridized carbons (Fsp3) is 0.500. The number of halogens is 1. The number of amides is 1. The monoisotopic (exact) mass is 377 g/mol. The highest BCUT2D eigenvalue weighted by molar-refractivity contribution is 5.96. The second kappa shape index (κ2) is 7.73. The highest BCUT2D eigenvalue weighted by Gasteiger charge is 2.38. The van der Waals surface area contributed by atoms with Gasteiger partial charge in [-0.1, -0.05) is 12.1 Å². The number of rotatable bonds is 5. The van der Waals surface area contributed by atoms with Crippen molar-refractivity contribution < 1.29 is 9.53 Å². The van der Waals surface area contributed by atoms with Crippen LogP contribution in [-0.4, -0.2) is 40.8 Å². The van der Waals surface area contributed by atoms with E-state index in [2.05, 4.69) is 20.5 Å². The average Bonchev–Trinajstić information content (AvgIpc) is 3.39. The first kappa shape index (κ1) is 18.8. The van der Waals surface area contributed by atoms with Crippen LogP contribution < -0.4 is 11.1 Å². The lowest BCUT2D eigenvalue weighted by Crippen LogP contribution is -2.46. The molecule has 2 fully saturated rings. The lowest BCUT2D eigenvalue weighted by molar-refractivity contribution is -0.130. The summed E-state index contributed by atoms with van der Waals surface area (Å²) in [6, 6.07) is 7.63. The van der Waals surface area contributed by atoms with Crippen molar-refractivity contribution in [1.29, 1.82) is 0 Å². The fourth-order valence-corrected chi connectivity index (χ4v) is 3.23. The number of anilines is 1. The second-order valence-electron chi connectivity index (χ2n) is 6.95. The predicted molar refractivity (Wildman–Crippen MR) is 101 cm³/mol. The molecule has 2 aromatic rings. The molecule has 1 aromatic heterocycles. The Morgan fingerprint density at radius 3 is 2.81 bits per heavy atom. The summed E-state index contributed by atoms with van der Waals surface area (Å²) in [6.07, 6.45) is 3.66. The van der Waals surface area contributed by atoms with E-state index in [0.717, 1.165) is 17.1 Å². The Labute approximate surface area is 158 Å². The van der Waals surface area contributed by atoms with Crippen LogP contribution in [-0.2, 0) is 9.53 Å². The minimum atomic E-state index is -0.544. The number of nitrogens with one attached hydrogen (secondary N) is 2. The van der Waals surface area contributed by atoms with Crippen molar-refractivity contribution in [2.24, 2.45) is 11.1 Å². The molecule has 0 radical (unpaired) electrons. The normalized spacial score (nSPS) is 18.8. The lowest BCUT2D eigenvalue weighted by atomic mass is 9.79. The SMILES string of the molecule is Cl.NCC1(C(=O)Nc2cccc(-c3n[nH]c(C4CC4)n3)c2)CCOCC1. The summed E-state index contributed by atoms with van der Waals surface area (Å²) in [5.74, 6) is 2.11. The van der Waals surface area contributed by atoms with Crippen LogP contribution in [0, 0.1) is 5.41 Å². The van der Waals surface area contributed by atoms with Crippen LogP contribution in [0.1, 0.15) is 37.4 Å². The molecule has 140 valence electrons. The molecule has 0 atom stereocenters. The van der Waals surface area contributed by atoms with Crippen molar-refractivity contribution in [2.45, 2.75) is 31.6 Å². The van der Waals surface area contributed by atoms with E-state index in [1.54, 1.807) is 0 Å². The highest BCUT2D eigenvalue weighted by Crippen LogP contribution is 2.38. The molecule has 1 aromatic carbocycles. The van der Waals surface area contributed by atoms with Crippen molar-refractivity contribution in [3.05, 3.63) is 30.1 Å². The van der Waals surface area contributed by atoms with Crippen LogP contribution in [0.25, 0.3) is 11.4 Å². The van der Waals surface area contributed by atoms with Gasteiger partial charge in [0, 0.05) is 36.9 Å². The van der Waals surface area contributed by atoms with Gasteiger partial charge in [0.25, 0.3) is 0 Å². The molecule has 1 aliphatic carbocycles. The van der Waals surface area contributed by atoms with E-state index in [9.17, 15) is 4.79 Å². The van der Waals surface area contributed by atoms with Gasteiger partial charge in [-0.25, -0.2) is 4.98 Å². The number of carbonyl (C=O) groups is 1. The fourth-order valence-electron chi connectivity index (χ4n) is 3.23. The number of nitrogens with two attached hydrogens (primary N) is 1. The number of H-pyrrole nitrogens is 1. The Kier molecular flexibility index (Phi) is 5.60. The Morgan fingerprint density at radius 2 is 2.12 bits per heavy atom. The summed E-state index contributed by atoms with van der Waals surface area (Å²) >= 11 is 0. The molecule has 8 heteroatoms. The van der Waals surface area contributed by atoms with E-state index in [0.29, 0.717) is 44.3 Å². The Morgan fingerprint density at radius 1 is 1.35 bits per heavy atom. The maximum absolute atomic E-state index is 12.8. The zero-order chi connectivity index (χ0) is 17.3. The van der Waals surface area contributed by atoms with Gasteiger partial charge in [0.1, 0.15) is 5.82 Å². The smallest absolute Gasteiger partial charge is 0.232 e. The topological polar surface area (TPSA) is 106 Å². The van der Waals surface area contributed by atoms with Gasteiger partial charge in [0.15, 0.2) is 5.82 Å². The van der Waals surface area contributed by atoms with E-state index in [-0.39, 0.29) is 18.3 Å². The number of ether oxygens (including phenoxy) is 1. The largest absolute Gasteiger partial charge is 0.381 e. The molecule has 2 aliphatic rings. The van der Waals surface area contributed by atoms with E-state index >= 15 is 0 Å². The third-order valence-corrected chi connectivity index (χ3v) is 5.17. The lowest BCUT2D eigenvalue weighted by Gasteiger charge is -2.34. The molecule has 1 saturated heterocycles. The summed E-state index contributed by atoms with van der Waals surface area (Å²) in [7, 11) is 0. The standard InChI is InChI=1S/C18H23N5O2.ClH/c19-11-18(6-8-25-9-7-18)17(24)20-14-3-1-2-13(10-14)16-21-15(22-23-16)12-4-5-12;/h1-3,10,12H,4-9,11,19H2,(H,20,24)(H,21,22,23);1H. The maximum Gasteiger partial charge on any atom is 0.232 e. The van der Waals surface area contributed by atoms with E-state index in [4.69, 9.17) is 10.5 Å². The van der Waals surface area contributed by atoms with Crippen LogP contribution in [0.3, 0.4) is 0 Å². The number of aromatic nitrogens is 3. The first-order chi connectivity index (χ1) is 12.2. The number of hydrogen-bond acceptors (Lipinski definition) is 5. The number of aromatic amines is 1. The molecular weight excluding hydrogens is 354 g/mol. The number of nitrogens with zero attached hydrogens (tertiary/aromatic N) is 2. The van der Waals surface area contributed by atoms with E-state index < -0.39 is 5.41 Å². The van der Waals surface area contributed by atoms with Gasteiger partial charge in [-0.3, -0.25) is 9.89 Å². The Bertz CT molecular complexity index is 768. The first-order valence-electron chi connectivity index (χ1n) is 8.82. The van der Waals surface area contributed by atoms with Crippen LogP contribution in [0.5, 0.6) is 0 Å². The molecule has 1 saturated carbocycles. The van der Waals surface area contributed by atoms with E-state index in [1.165, 1.54) is 12.8 Å². The maximum atomic E-state index is 12.8. The minimum Gasteiger partial charge on any atom is -0.381 e. The second-order valence-corrected chi connectivity index (χ2v) is 6.95. The third-order valence-electron chi connectivity index (χ3n) is 5.17. The summed E-state index contributed by atoms with van der Waals surface area (Å²) < 4.78 is 5.38. The van der Waals surface area contributed by atoms with Crippen molar-refractivity contribution in [3.63, 3.8) is 0 Å². The zero-order valence-electron chi connectivity index (χ0n) is 14.5. The van der Waals surface area contributed by atoms with Gasteiger partial charge >= 0.3 is 0 Å². The minimum absolute atomic E-state index is 0. The Balaban J connectivity index is 0.00000196. The van der Waals surface area contributed by atoms with Gasteiger partial charge in [-0.15, -0.1) is 12.4 Å². The zero-order valence-corrected chi connectivity index (χ0v) is 15.3. The first-order valence-corrected chi connectivity index (χ1v) is 8.82. The van der Waals surface area contributed by atoms with Crippen molar-refractivity contribution in [1.82, 2.24) is 15.2 Å². The van der Waals surface area contributed by atoms with Gasteiger partial charge in [0.2, 0.25) is 5.91 Å². The van der Waals surface area contributed by atoms with Crippen molar-refractivity contribution in [3.8, 4) is 11.4 Å². The molecule has 0 spiro atoms. The molecule has 1 aliphatic heterocycles. The van der Waals surface area contributed by atoms with E-state index in [1.807, 2.05) is 24.3 Å². The van der Waals surface area contributed by atoms with Crippen molar-refractivity contribution in [2.75, 3.05) is 25.1 Å². The van der Waals surface area contributed by atoms with Crippen LogP contribution in [0.4, 0.5) is 5.69 Å². The molecule has 4 N–H and O–H groups in total. The van der Waals surface area contributed by atoms with Crippen LogP contribution >= 0.6 is 12.4 Å². The van der Waals surface area contributed by atoms with Gasteiger partial charge < -0.3 is 15.8 Å². The molecule has 0 unspecified atom stereocenters. The number of benzene rings is 1. The predicted octanol–water partition coefficient (Wildman–Crippen LogP) is 2.46. The van der Waals surface area contributed by atoms with Gasteiger partial charge in [0.05, 0.1) is 5.41 Å². The molecular formula is C18H24ClN5O2. The van der Waals surface area contributed by atoms with Gasteiger partial charge in [-0.05, 0) is 37.8 Å². The highest BCUT2D eigenvalue weighted by atomic mass is 35.5. The van der Waals surface area contributed by atoms with Crippen LogP contribution in [0.2, 0.25) is 0 Å².